The van der Waals surface area contributed by atoms with E-state index in [2.05, 4.69) is 0 Å². The maximum absolute atomic E-state index is 9.99. The molecule has 1 heterocycles. The molecule has 1 aromatic rings. The number of halogens is 1. The summed E-state index contributed by atoms with van der Waals surface area (Å²) in [4.78, 5) is 0. The third-order valence-corrected chi connectivity index (χ3v) is 2.82. The molecule has 1 aliphatic rings. The number of hydrogen-bond acceptors (Lipinski definition) is 4. The van der Waals surface area contributed by atoms with Crippen molar-refractivity contribution in [1.29, 1.82) is 0 Å². The van der Waals surface area contributed by atoms with Gasteiger partial charge >= 0.3 is 0 Å². The van der Waals surface area contributed by atoms with Gasteiger partial charge in [-0.15, -0.1) is 0 Å². The van der Waals surface area contributed by atoms with Crippen LogP contribution in [0.5, 0.6) is 11.5 Å². The minimum Gasteiger partial charge on any atom is -0.486 e. The highest BCUT2D eigenvalue weighted by molar-refractivity contribution is 6.31. The normalized spacial score (nSPS) is 18.0. The average Bonchev–Trinajstić information content (AvgIpc) is 2.28. The molecular formula is C11H14ClNO3. The molecule has 0 radical (unpaired) electrons. The molecule has 0 aliphatic carbocycles. The summed E-state index contributed by atoms with van der Waals surface area (Å²) in [7, 11) is 0. The Labute approximate surface area is 98.9 Å². The molecule has 1 aliphatic heterocycles. The third-order valence-electron chi connectivity index (χ3n) is 2.49. The van der Waals surface area contributed by atoms with Crippen molar-refractivity contribution in [2.75, 3.05) is 13.2 Å². The summed E-state index contributed by atoms with van der Waals surface area (Å²) in [6.45, 7) is 2.67. The van der Waals surface area contributed by atoms with Gasteiger partial charge in [0, 0.05) is 11.6 Å². The molecule has 0 spiro atoms. The summed E-state index contributed by atoms with van der Waals surface area (Å²) >= 11 is 6.05. The number of aliphatic hydroxyl groups is 1. The molecule has 1 aromatic carbocycles. The van der Waals surface area contributed by atoms with Crippen LogP contribution in [0.15, 0.2) is 12.1 Å². The number of hydrogen-bond donors (Lipinski definition) is 2. The van der Waals surface area contributed by atoms with Gasteiger partial charge in [-0.3, -0.25) is 0 Å². The van der Waals surface area contributed by atoms with Gasteiger partial charge in [-0.25, -0.2) is 0 Å². The maximum Gasteiger partial charge on any atom is 0.168 e. The first-order valence-electron chi connectivity index (χ1n) is 5.13. The lowest BCUT2D eigenvalue weighted by Crippen LogP contribution is -2.26. The molecule has 5 heteroatoms. The molecule has 0 saturated heterocycles. The van der Waals surface area contributed by atoms with E-state index in [1.807, 2.05) is 0 Å². The molecule has 0 bridgehead atoms. The molecule has 2 atom stereocenters. The van der Waals surface area contributed by atoms with Crippen LogP contribution < -0.4 is 15.2 Å². The molecule has 88 valence electrons. The number of fused-ring (bicyclic) bond motifs is 1. The highest BCUT2D eigenvalue weighted by Crippen LogP contribution is 2.41. The fourth-order valence-electron chi connectivity index (χ4n) is 1.65. The van der Waals surface area contributed by atoms with Crippen LogP contribution in [0, 0.1) is 0 Å². The van der Waals surface area contributed by atoms with Gasteiger partial charge in [-0.05, 0) is 19.1 Å². The standard InChI is InChI=1S/C11H14ClNO3/c1-6(13)10(14)9-7(12)2-3-8-11(9)16-5-4-15-8/h2-3,6,10,14H,4-5,13H2,1H3. The second-order valence-electron chi connectivity index (χ2n) is 3.79. The molecular weight excluding hydrogens is 230 g/mol. The Hall–Kier alpha value is -0.970. The smallest absolute Gasteiger partial charge is 0.168 e. The summed E-state index contributed by atoms with van der Waals surface area (Å²) in [5, 5.41) is 10.4. The molecule has 3 N–H and O–H groups in total. The second kappa shape index (κ2) is 4.49. The van der Waals surface area contributed by atoms with Crippen LogP contribution in [-0.4, -0.2) is 24.4 Å². The summed E-state index contributed by atoms with van der Waals surface area (Å²) in [6.07, 6.45) is -0.857. The average molecular weight is 244 g/mol. The second-order valence-corrected chi connectivity index (χ2v) is 4.20. The zero-order chi connectivity index (χ0) is 11.7. The van der Waals surface area contributed by atoms with E-state index >= 15 is 0 Å². The quantitative estimate of drug-likeness (QED) is 0.826. The van der Waals surface area contributed by atoms with Crippen molar-refractivity contribution >= 4 is 11.6 Å². The predicted octanol–water partition coefficient (Wildman–Crippen LogP) is 1.49. The summed E-state index contributed by atoms with van der Waals surface area (Å²) in [5.41, 5.74) is 6.17. The molecule has 2 unspecified atom stereocenters. The summed E-state index contributed by atoms with van der Waals surface area (Å²) in [6, 6.07) is 2.99. The predicted molar refractivity (Wildman–Crippen MR) is 61.1 cm³/mol. The van der Waals surface area contributed by atoms with E-state index in [4.69, 9.17) is 26.8 Å². The fourth-order valence-corrected chi connectivity index (χ4v) is 1.91. The summed E-state index contributed by atoms with van der Waals surface area (Å²) < 4.78 is 10.9. The largest absolute Gasteiger partial charge is 0.486 e. The molecule has 4 nitrogen and oxygen atoms in total. The van der Waals surface area contributed by atoms with E-state index < -0.39 is 12.1 Å². The Morgan fingerprint density at radius 2 is 2.06 bits per heavy atom. The Balaban J connectivity index is 2.49. The van der Waals surface area contributed by atoms with E-state index in [0.29, 0.717) is 35.3 Å². The fraction of sp³-hybridized carbons (Fsp3) is 0.455. The maximum atomic E-state index is 9.99. The Morgan fingerprint density at radius 1 is 1.38 bits per heavy atom. The highest BCUT2D eigenvalue weighted by Gasteiger charge is 2.25. The van der Waals surface area contributed by atoms with Gasteiger partial charge in [-0.1, -0.05) is 11.6 Å². The van der Waals surface area contributed by atoms with Crippen LogP contribution in [0.1, 0.15) is 18.6 Å². The van der Waals surface area contributed by atoms with Gasteiger partial charge in [0.05, 0.1) is 11.1 Å². The number of nitrogens with two attached hydrogens (primary N) is 1. The van der Waals surface area contributed by atoms with Crippen LogP contribution in [0.2, 0.25) is 5.02 Å². The zero-order valence-corrected chi connectivity index (χ0v) is 9.70. The Bertz CT molecular complexity index is 395. The zero-order valence-electron chi connectivity index (χ0n) is 8.94. The lowest BCUT2D eigenvalue weighted by Gasteiger charge is -2.25. The van der Waals surface area contributed by atoms with Crippen LogP contribution in [0.3, 0.4) is 0 Å². The van der Waals surface area contributed by atoms with Crippen molar-refractivity contribution < 1.29 is 14.6 Å². The molecule has 0 fully saturated rings. The van der Waals surface area contributed by atoms with E-state index in [1.165, 1.54) is 0 Å². The van der Waals surface area contributed by atoms with E-state index in [0.717, 1.165) is 0 Å². The SMILES string of the molecule is CC(N)C(O)c1c(Cl)ccc2c1OCCO2. The van der Waals surface area contributed by atoms with Crippen molar-refractivity contribution in [3.8, 4) is 11.5 Å². The van der Waals surface area contributed by atoms with Crippen molar-refractivity contribution in [3.05, 3.63) is 22.7 Å². The molecule has 2 rings (SSSR count). The van der Waals surface area contributed by atoms with E-state index in [9.17, 15) is 5.11 Å². The van der Waals surface area contributed by atoms with E-state index in [1.54, 1.807) is 19.1 Å². The number of benzene rings is 1. The van der Waals surface area contributed by atoms with E-state index in [-0.39, 0.29) is 0 Å². The van der Waals surface area contributed by atoms with Crippen LogP contribution in [0.25, 0.3) is 0 Å². The lowest BCUT2D eigenvalue weighted by atomic mass is 10.0. The topological polar surface area (TPSA) is 64.7 Å². The lowest BCUT2D eigenvalue weighted by molar-refractivity contribution is 0.133. The number of rotatable bonds is 2. The Morgan fingerprint density at radius 3 is 2.75 bits per heavy atom. The van der Waals surface area contributed by atoms with Crippen molar-refractivity contribution in [1.82, 2.24) is 0 Å². The number of aliphatic hydroxyl groups excluding tert-OH is 1. The molecule has 0 saturated carbocycles. The van der Waals surface area contributed by atoms with Gasteiger partial charge in [0.25, 0.3) is 0 Å². The Kier molecular flexibility index (Phi) is 3.23. The van der Waals surface area contributed by atoms with Gasteiger partial charge in [0.1, 0.15) is 13.2 Å². The number of ether oxygens (including phenoxy) is 2. The van der Waals surface area contributed by atoms with Crippen LogP contribution in [-0.2, 0) is 0 Å². The van der Waals surface area contributed by atoms with Crippen molar-refractivity contribution in [3.63, 3.8) is 0 Å². The minimum absolute atomic E-state index is 0.422. The van der Waals surface area contributed by atoms with Crippen molar-refractivity contribution in [2.45, 2.75) is 19.1 Å². The molecule has 0 aromatic heterocycles. The third kappa shape index (κ3) is 1.96. The monoisotopic (exact) mass is 243 g/mol. The van der Waals surface area contributed by atoms with Crippen molar-refractivity contribution in [2.24, 2.45) is 5.73 Å². The van der Waals surface area contributed by atoms with Crippen LogP contribution in [0.4, 0.5) is 0 Å². The minimum atomic E-state index is -0.857. The first-order chi connectivity index (χ1) is 7.61. The molecule has 16 heavy (non-hydrogen) atoms. The van der Waals surface area contributed by atoms with Gasteiger partial charge in [-0.2, -0.15) is 0 Å². The first kappa shape index (κ1) is 11.5. The first-order valence-corrected chi connectivity index (χ1v) is 5.50. The summed E-state index contributed by atoms with van der Waals surface area (Å²) in [5.74, 6) is 1.11. The van der Waals surface area contributed by atoms with Crippen LogP contribution >= 0.6 is 11.6 Å². The van der Waals surface area contributed by atoms with Gasteiger partial charge in [0.2, 0.25) is 0 Å². The highest BCUT2D eigenvalue weighted by atomic mass is 35.5. The van der Waals surface area contributed by atoms with Gasteiger partial charge < -0.3 is 20.3 Å². The molecule has 0 amide bonds. The van der Waals surface area contributed by atoms with Gasteiger partial charge in [0.15, 0.2) is 11.5 Å².